The van der Waals surface area contributed by atoms with Crippen molar-refractivity contribution in [2.45, 2.75) is 31.9 Å². The van der Waals surface area contributed by atoms with E-state index >= 15 is 0 Å². The predicted octanol–water partition coefficient (Wildman–Crippen LogP) is 7.04. The third kappa shape index (κ3) is 6.64. The standard InChI is InChI=1S/C29H26F6N2O/c1-36(17-21-14-23(28(30,31)32)16-24(15-21)29(33,34)35)27(38)25-12-13-37(18-20-8-4-2-5-9-20)19-26(25)22-10-6-3-7-11-22/h2-11,14-16H,12-13,17-19H2,1H3. The van der Waals surface area contributed by atoms with Crippen LogP contribution >= 0.6 is 0 Å². The van der Waals surface area contributed by atoms with Crippen LogP contribution < -0.4 is 0 Å². The summed E-state index contributed by atoms with van der Waals surface area (Å²) < 4.78 is 79.8. The fraction of sp³-hybridized carbons (Fsp3) is 0.276. The molecule has 4 rings (SSSR count). The highest BCUT2D eigenvalue weighted by Crippen LogP contribution is 2.37. The lowest BCUT2D eigenvalue weighted by molar-refractivity contribution is -0.143. The van der Waals surface area contributed by atoms with Crippen LogP contribution in [0.25, 0.3) is 5.57 Å². The van der Waals surface area contributed by atoms with Gasteiger partial charge in [-0.15, -0.1) is 0 Å². The molecule has 1 aliphatic rings. The molecule has 1 aliphatic heterocycles. The molecule has 3 aromatic carbocycles. The number of benzene rings is 3. The van der Waals surface area contributed by atoms with Gasteiger partial charge in [0.05, 0.1) is 11.1 Å². The summed E-state index contributed by atoms with van der Waals surface area (Å²) in [5, 5.41) is 0. The molecule has 0 N–H and O–H groups in total. The van der Waals surface area contributed by atoms with Crippen molar-refractivity contribution in [1.82, 2.24) is 9.80 Å². The lowest BCUT2D eigenvalue weighted by atomic mass is 9.92. The number of hydrogen-bond acceptors (Lipinski definition) is 2. The van der Waals surface area contributed by atoms with E-state index in [-0.39, 0.29) is 11.6 Å². The summed E-state index contributed by atoms with van der Waals surface area (Å²) in [6, 6.07) is 20.6. The number of alkyl halides is 6. The highest BCUT2D eigenvalue weighted by atomic mass is 19.4. The van der Waals surface area contributed by atoms with Crippen LogP contribution in [0.4, 0.5) is 26.3 Å². The second-order valence-corrected chi connectivity index (χ2v) is 9.34. The Bertz CT molecular complexity index is 1270. The van der Waals surface area contributed by atoms with Crippen LogP contribution in [0.1, 0.15) is 34.2 Å². The Hall–Kier alpha value is -3.59. The smallest absolute Gasteiger partial charge is 0.338 e. The molecule has 0 aliphatic carbocycles. The highest BCUT2D eigenvalue weighted by molar-refractivity contribution is 6.01. The molecule has 0 atom stereocenters. The van der Waals surface area contributed by atoms with Crippen molar-refractivity contribution in [2.24, 2.45) is 0 Å². The number of rotatable bonds is 6. The van der Waals surface area contributed by atoms with Gasteiger partial charge in [-0.1, -0.05) is 60.7 Å². The maximum absolute atomic E-state index is 13.5. The van der Waals surface area contributed by atoms with Crippen LogP contribution in [0.2, 0.25) is 0 Å². The Morgan fingerprint density at radius 1 is 0.816 bits per heavy atom. The van der Waals surface area contributed by atoms with Crippen molar-refractivity contribution in [1.29, 1.82) is 0 Å². The Kier molecular flexibility index (Phi) is 7.97. The Morgan fingerprint density at radius 2 is 1.37 bits per heavy atom. The summed E-state index contributed by atoms with van der Waals surface area (Å²) in [5.41, 5.74) is 0.225. The number of hydrogen-bond donors (Lipinski definition) is 0. The van der Waals surface area contributed by atoms with Gasteiger partial charge >= 0.3 is 12.4 Å². The summed E-state index contributed by atoms with van der Waals surface area (Å²) in [6.07, 6.45) is -9.50. The molecule has 0 spiro atoms. The molecule has 38 heavy (non-hydrogen) atoms. The third-order valence-electron chi connectivity index (χ3n) is 6.47. The first kappa shape index (κ1) is 27.4. The normalized spacial score (nSPS) is 15.0. The Morgan fingerprint density at radius 3 is 1.92 bits per heavy atom. The minimum atomic E-state index is -4.95. The minimum absolute atomic E-state index is 0.0871. The zero-order valence-electron chi connectivity index (χ0n) is 20.6. The van der Waals surface area contributed by atoms with Crippen LogP contribution in [0.3, 0.4) is 0 Å². The van der Waals surface area contributed by atoms with E-state index in [2.05, 4.69) is 4.90 Å². The number of carbonyl (C=O) groups excluding carboxylic acids is 1. The molecule has 9 heteroatoms. The second kappa shape index (κ2) is 11.0. The fourth-order valence-electron chi connectivity index (χ4n) is 4.62. The molecule has 1 amide bonds. The number of likely N-dealkylation sites (N-methyl/N-ethyl adjacent to an activating group) is 1. The lowest BCUT2D eigenvalue weighted by Crippen LogP contribution is -2.36. The summed E-state index contributed by atoms with van der Waals surface area (Å²) >= 11 is 0. The van der Waals surface area contributed by atoms with Crippen molar-refractivity contribution >= 4 is 11.5 Å². The van der Waals surface area contributed by atoms with Gasteiger partial charge in [-0.05, 0) is 46.9 Å². The monoisotopic (exact) mass is 532 g/mol. The molecule has 0 unspecified atom stereocenters. The van der Waals surface area contributed by atoms with E-state index in [1.165, 1.54) is 11.9 Å². The molecular formula is C29H26F6N2O. The largest absolute Gasteiger partial charge is 0.416 e. The van der Waals surface area contributed by atoms with Crippen LogP contribution in [-0.2, 0) is 30.2 Å². The van der Waals surface area contributed by atoms with Crippen molar-refractivity contribution in [3.8, 4) is 0 Å². The van der Waals surface area contributed by atoms with Gasteiger partial charge in [-0.2, -0.15) is 26.3 Å². The predicted molar refractivity (Wildman–Crippen MR) is 133 cm³/mol. The van der Waals surface area contributed by atoms with Gasteiger partial charge in [0, 0.05) is 38.8 Å². The van der Waals surface area contributed by atoms with Gasteiger partial charge < -0.3 is 4.90 Å². The zero-order valence-corrected chi connectivity index (χ0v) is 20.6. The fourth-order valence-corrected chi connectivity index (χ4v) is 4.62. The van der Waals surface area contributed by atoms with Crippen LogP contribution in [-0.4, -0.2) is 35.8 Å². The van der Waals surface area contributed by atoms with Gasteiger partial charge in [-0.3, -0.25) is 9.69 Å². The molecule has 0 radical (unpaired) electrons. The molecule has 0 aromatic heterocycles. The number of carbonyl (C=O) groups is 1. The maximum Gasteiger partial charge on any atom is 0.416 e. The molecular weight excluding hydrogens is 506 g/mol. The molecule has 3 nitrogen and oxygen atoms in total. The summed E-state index contributed by atoms with van der Waals surface area (Å²) in [6.45, 7) is 1.35. The van der Waals surface area contributed by atoms with Crippen molar-refractivity contribution in [3.05, 3.63) is 112 Å². The molecule has 0 bridgehead atoms. The van der Waals surface area contributed by atoms with E-state index in [4.69, 9.17) is 0 Å². The second-order valence-electron chi connectivity index (χ2n) is 9.34. The Balaban J connectivity index is 1.62. The van der Waals surface area contributed by atoms with E-state index < -0.39 is 35.9 Å². The average molecular weight is 533 g/mol. The lowest BCUT2D eigenvalue weighted by Gasteiger charge is -2.32. The summed E-state index contributed by atoms with van der Waals surface area (Å²) in [5.74, 6) is -0.422. The molecule has 0 fully saturated rings. The topological polar surface area (TPSA) is 23.6 Å². The van der Waals surface area contributed by atoms with Crippen LogP contribution in [0, 0.1) is 0 Å². The van der Waals surface area contributed by atoms with Gasteiger partial charge in [-0.25, -0.2) is 0 Å². The summed E-state index contributed by atoms with van der Waals surface area (Å²) in [4.78, 5) is 16.9. The first-order valence-corrected chi connectivity index (χ1v) is 12.0. The van der Waals surface area contributed by atoms with E-state index in [0.717, 1.165) is 16.7 Å². The quantitative estimate of drug-likeness (QED) is 0.318. The van der Waals surface area contributed by atoms with Gasteiger partial charge in [0.15, 0.2) is 0 Å². The molecule has 200 valence electrons. The average Bonchev–Trinajstić information content (AvgIpc) is 2.88. The molecule has 0 saturated heterocycles. The molecule has 0 saturated carbocycles. The molecule has 3 aromatic rings. The third-order valence-corrected chi connectivity index (χ3v) is 6.47. The number of halogens is 6. The molecule has 1 heterocycles. The van der Waals surface area contributed by atoms with Crippen molar-refractivity contribution < 1.29 is 31.1 Å². The number of nitrogens with zero attached hydrogens (tertiary/aromatic N) is 2. The van der Waals surface area contributed by atoms with Crippen LogP contribution in [0.5, 0.6) is 0 Å². The van der Waals surface area contributed by atoms with Gasteiger partial charge in [0.2, 0.25) is 5.91 Å². The first-order valence-electron chi connectivity index (χ1n) is 12.0. The van der Waals surface area contributed by atoms with Crippen molar-refractivity contribution in [3.63, 3.8) is 0 Å². The first-order chi connectivity index (χ1) is 17.9. The zero-order chi connectivity index (χ0) is 27.5. The Labute approximate surface area is 217 Å². The SMILES string of the molecule is CN(Cc1cc(C(F)(F)F)cc(C(F)(F)F)c1)C(=O)C1=C(c2ccccc2)CN(Cc2ccccc2)CC1. The van der Waals surface area contributed by atoms with E-state index in [1.54, 1.807) is 0 Å². The van der Waals surface area contributed by atoms with Crippen LogP contribution in [0.15, 0.2) is 84.4 Å². The minimum Gasteiger partial charge on any atom is -0.338 e. The van der Waals surface area contributed by atoms with Gasteiger partial charge in [0.1, 0.15) is 0 Å². The van der Waals surface area contributed by atoms with Crippen molar-refractivity contribution in [2.75, 3.05) is 20.1 Å². The van der Waals surface area contributed by atoms with Gasteiger partial charge in [0.25, 0.3) is 0 Å². The van der Waals surface area contributed by atoms with E-state index in [9.17, 15) is 31.1 Å². The highest BCUT2D eigenvalue weighted by Gasteiger charge is 2.37. The maximum atomic E-state index is 13.5. The van der Waals surface area contributed by atoms with E-state index in [0.29, 0.717) is 43.8 Å². The summed E-state index contributed by atoms with van der Waals surface area (Å²) in [7, 11) is 1.39. The van der Waals surface area contributed by atoms with E-state index in [1.807, 2.05) is 60.7 Å². The number of amides is 1.